The lowest BCUT2D eigenvalue weighted by Gasteiger charge is -2.18. The fourth-order valence-corrected chi connectivity index (χ4v) is 3.02. The fourth-order valence-electron chi connectivity index (χ4n) is 2.69. The van der Waals surface area contributed by atoms with Crippen molar-refractivity contribution in [3.8, 4) is 0 Å². The topological polar surface area (TPSA) is 175 Å². The zero-order valence-corrected chi connectivity index (χ0v) is 18.0. The van der Waals surface area contributed by atoms with Gasteiger partial charge in [-0.1, -0.05) is 11.6 Å². The van der Waals surface area contributed by atoms with Crippen LogP contribution in [0.15, 0.2) is 4.42 Å². The van der Waals surface area contributed by atoms with Crippen LogP contribution in [-0.2, 0) is 19.1 Å². The third-order valence-corrected chi connectivity index (χ3v) is 4.46. The maximum atomic E-state index is 12.3. The Balaban J connectivity index is 0.000000407. The van der Waals surface area contributed by atoms with Crippen LogP contribution in [0.25, 0.3) is 11.1 Å². The molecule has 3 atom stereocenters. The van der Waals surface area contributed by atoms with E-state index in [1.807, 2.05) is 19.0 Å². The third kappa shape index (κ3) is 6.37. The van der Waals surface area contributed by atoms with Gasteiger partial charge < -0.3 is 34.5 Å². The summed E-state index contributed by atoms with van der Waals surface area (Å²) >= 11 is 6.20. The number of aryl methyl sites for hydroxylation is 1. The molecule has 3 unspecified atom stereocenters. The first kappa shape index (κ1) is 26.3. The molecular weight excluding hydrogens is 438 g/mol. The van der Waals surface area contributed by atoms with E-state index in [0.717, 1.165) is 0 Å². The number of carbonyl (C=O) groups excluding carboxylic acids is 2. The summed E-state index contributed by atoms with van der Waals surface area (Å²) in [5, 5.41) is 32.9. The van der Waals surface area contributed by atoms with E-state index in [2.05, 4.69) is 0 Å². The van der Waals surface area contributed by atoms with E-state index in [4.69, 9.17) is 41.2 Å². The third-order valence-electron chi connectivity index (χ3n) is 4.08. The van der Waals surface area contributed by atoms with E-state index < -0.39 is 30.1 Å². The summed E-state index contributed by atoms with van der Waals surface area (Å²) in [6, 6.07) is 0. The van der Waals surface area contributed by atoms with Crippen LogP contribution in [0.2, 0.25) is 0 Å². The molecule has 0 radical (unpaired) electrons. The van der Waals surface area contributed by atoms with E-state index in [9.17, 15) is 19.2 Å². The number of carboxylic acid groups (broad SMARTS) is 2. The Bertz CT molecular complexity index is 963. The van der Waals surface area contributed by atoms with Crippen molar-refractivity contribution in [2.75, 3.05) is 27.2 Å². The Morgan fingerprint density at radius 1 is 1.19 bits per heavy atom. The minimum Gasteiger partial charge on any atom is -0.479 e. The Morgan fingerprint density at radius 2 is 1.71 bits per heavy atom. The molecular formula is C19H24ClNO10. The van der Waals surface area contributed by atoms with Crippen LogP contribution in [0.4, 0.5) is 0 Å². The number of nitrogens with zero attached hydrogens (tertiary/aromatic N) is 1. The highest BCUT2D eigenvalue weighted by molar-refractivity contribution is 6.61. The normalized spacial score (nSPS) is 17.1. The number of hydrogen-bond donors (Lipinski definition) is 4. The Hall–Kier alpha value is -2.73. The monoisotopic (exact) mass is 461 g/mol. The van der Waals surface area contributed by atoms with Gasteiger partial charge in [0.15, 0.2) is 18.0 Å². The number of rotatable bonds is 7. The van der Waals surface area contributed by atoms with Crippen LogP contribution in [0.1, 0.15) is 23.0 Å². The molecule has 31 heavy (non-hydrogen) atoms. The lowest BCUT2D eigenvalue weighted by molar-refractivity contribution is -0.165. The molecule has 11 nitrogen and oxygen atoms in total. The van der Waals surface area contributed by atoms with Crippen LogP contribution in [0, 0.1) is 12.8 Å². The molecule has 1 heterocycles. The average molecular weight is 462 g/mol. The van der Waals surface area contributed by atoms with E-state index in [1.165, 1.54) is 0 Å². The predicted octanol–water partition coefficient (Wildman–Crippen LogP) is -1.47. The van der Waals surface area contributed by atoms with Crippen molar-refractivity contribution < 1.29 is 48.8 Å². The highest BCUT2D eigenvalue weighted by Gasteiger charge is 2.30. The number of aliphatic hydroxyl groups excluding tert-OH is 2. The SMILES string of the molecule is CCOC(=O)c1c(C)oc2c1=C(Cl)C(=O)C(CN(C)C)C=2.O=C(O)C(O)C(O)C(=O)O. The molecule has 1 aromatic rings. The van der Waals surface area contributed by atoms with Crippen molar-refractivity contribution in [3.63, 3.8) is 0 Å². The molecule has 12 heteroatoms. The van der Waals surface area contributed by atoms with Gasteiger partial charge in [0, 0.05) is 6.54 Å². The Morgan fingerprint density at radius 3 is 2.13 bits per heavy atom. The van der Waals surface area contributed by atoms with Crippen molar-refractivity contribution in [3.05, 3.63) is 22.0 Å². The lowest BCUT2D eigenvalue weighted by atomic mass is 9.97. The van der Waals surface area contributed by atoms with Gasteiger partial charge in [-0.2, -0.15) is 0 Å². The number of furan rings is 1. The first-order valence-electron chi connectivity index (χ1n) is 9.02. The zero-order chi connectivity index (χ0) is 24.0. The van der Waals surface area contributed by atoms with Gasteiger partial charge in [0.1, 0.15) is 16.7 Å². The molecule has 0 saturated heterocycles. The molecule has 0 fully saturated rings. The van der Waals surface area contributed by atoms with E-state index in [1.54, 1.807) is 19.9 Å². The summed E-state index contributed by atoms with van der Waals surface area (Å²) in [6.07, 6.45) is -2.81. The summed E-state index contributed by atoms with van der Waals surface area (Å²) in [5.41, 5.74) is 0.705. The largest absolute Gasteiger partial charge is 0.479 e. The minimum atomic E-state index is -2.27. The number of ether oxygens (including phenoxy) is 1. The predicted molar refractivity (Wildman–Crippen MR) is 107 cm³/mol. The molecule has 4 N–H and O–H groups in total. The first-order valence-corrected chi connectivity index (χ1v) is 9.40. The number of aliphatic hydroxyl groups is 2. The molecule has 1 aromatic heterocycles. The van der Waals surface area contributed by atoms with Gasteiger partial charge in [-0.3, -0.25) is 4.79 Å². The van der Waals surface area contributed by atoms with Gasteiger partial charge >= 0.3 is 17.9 Å². The highest BCUT2D eigenvalue weighted by atomic mass is 35.5. The van der Waals surface area contributed by atoms with Crippen molar-refractivity contribution in [1.82, 2.24) is 4.90 Å². The number of carboxylic acids is 2. The molecule has 0 aliphatic heterocycles. The van der Waals surface area contributed by atoms with Crippen LogP contribution in [-0.4, -0.2) is 88.5 Å². The zero-order valence-electron chi connectivity index (χ0n) is 17.3. The number of esters is 1. The van der Waals surface area contributed by atoms with Crippen molar-refractivity contribution >= 4 is 46.4 Å². The van der Waals surface area contributed by atoms with E-state index >= 15 is 0 Å². The number of hydrogen-bond acceptors (Lipinski definition) is 9. The molecule has 2 rings (SSSR count). The number of aliphatic carboxylic acids is 2. The van der Waals surface area contributed by atoms with Gasteiger partial charge in [0.05, 0.1) is 22.8 Å². The summed E-state index contributed by atoms with van der Waals surface area (Å²) in [5.74, 6) is -4.23. The molecule has 0 amide bonds. The second-order valence-corrected chi connectivity index (χ2v) is 7.15. The quantitative estimate of drug-likeness (QED) is 0.349. The van der Waals surface area contributed by atoms with Crippen LogP contribution in [0.3, 0.4) is 0 Å². The van der Waals surface area contributed by atoms with E-state index in [0.29, 0.717) is 22.9 Å². The second-order valence-electron chi connectivity index (χ2n) is 6.77. The number of Topliss-reactive ketones (excluding diaryl/α,β-unsaturated/α-hetero) is 1. The molecule has 0 spiro atoms. The molecule has 172 valence electrons. The van der Waals surface area contributed by atoms with Gasteiger partial charge in [0.25, 0.3) is 0 Å². The van der Waals surface area contributed by atoms with Gasteiger partial charge in [-0.25, -0.2) is 14.4 Å². The van der Waals surface area contributed by atoms with Gasteiger partial charge in [0.2, 0.25) is 0 Å². The summed E-state index contributed by atoms with van der Waals surface area (Å²) in [7, 11) is 3.75. The first-order chi connectivity index (χ1) is 14.3. The van der Waals surface area contributed by atoms with Crippen molar-refractivity contribution in [2.24, 2.45) is 5.92 Å². The van der Waals surface area contributed by atoms with Crippen LogP contribution >= 0.6 is 11.6 Å². The molecule has 0 bridgehead atoms. The number of ketones is 1. The van der Waals surface area contributed by atoms with E-state index in [-0.39, 0.29) is 28.9 Å². The van der Waals surface area contributed by atoms with Crippen LogP contribution in [0.5, 0.6) is 0 Å². The summed E-state index contributed by atoms with van der Waals surface area (Å²) in [4.78, 5) is 45.8. The lowest BCUT2D eigenvalue weighted by Crippen LogP contribution is -2.39. The summed E-state index contributed by atoms with van der Waals surface area (Å²) in [6.45, 7) is 4.16. The maximum absolute atomic E-state index is 12.3. The smallest absolute Gasteiger partial charge is 0.342 e. The number of halogens is 1. The number of fused-ring (bicyclic) bond motifs is 1. The molecule has 1 aliphatic carbocycles. The molecule has 1 aliphatic rings. The molecule has 0 aromatic carbocycles. The van der Waals surface area contributed by atoms with Crippen LogP contribution < -0.4 is 10.6 Å². The maximum Gasteiger partial charge on any atom is 0.342 e. The second kappa shape index (κ2) is 11.0. The Labute approximate surface area is 181 Å². The standard InChI is InChI=1S/C15H18ClNO4.C4H6O6/c1-5-20-15(19)11-8(2)21-10-6-9(7-17(3)4)14(18)13(16)12(10)11;5-1(3(7)8)2(6)4(9)10/h6,9H,5,7H2,1-4H3;1-2,5-6H,(H,7,8)(H,9,10). The van der Waals surface area contributed by atoms with Crippen molar-refractivity contribution in [1.29, 1.82) is 0 Å². The van der Waals surface area contributed by atoms with Gasteiger partial charge in [-0.15, -0.1) is 0 Å². The highest BCUT2D eigenvalue weighted by Crippen LogP contribution is 2.18. The number of carbonyl (C=O) groups is 4. The molecule has 0 saturated carbocycles. The van der Waals surface area contributed by atoms with Gasteiger partial charge in [-0.05, 0) is 34.0 Å². The fraction of sp³-hybridized carbons (Fsp3) is 0.474. The van der Waals surface area contributed by atoms with Crippen molar-refractivity contribution in [2.45, 2.75) is 26.1 Å². The minimum absolute atomic E-state index is 0.0410. The summed E-state index contributed by atoms with van der Waals surface area (Å²) < 4.78 is 10.6. The Kier molecular flexibility index (Phi) is 9.38. The average Bonchev–Trinajstić information content (AvgIpc) is 3.00.